The highest BCUT2D eigenvalue weighted by Gasteiger charge is 1.96. The number of hydrogen-bond acceptors (Lipinski definition) is 8. The summed E-state index contributed by atoms with van der Waals surface area (Å²) in [6.45, 7) is 8.23. The molecule has 0 aromatic heterocycles. The smallest absolute Gasteiger partial charge is 0.330 e. The minimum atomic E-state index is -0.459. The zero-order chi connectivity index (χ0) is 18.4. The molecule has 0 aromatic rings. The lowest BCUT2D eigenvalue weighted by atomic mass is 10.6. The van der Waals surface area contributed by atoms with Crippen LogP contribution in [0.2, 0.25) is 0 Å². The first-order chi connectivity index (χ1) is 12.3. The molecule has 0 unspecified atom stereocenters. The van der Waals surface area contributed by atoms with Gasteiger partial charge < -0.3 is 28.4 Å². The number of ether oxygens (including phenoxy) is 6. The summed E-state index contributed by atoms with van der Waals surface area (Å²) >= 11 is 0. The molecular weight excluding hydrogens is 334 g/mol. The van der Waals surface area contributed by atoms with Crippen LogP contribution in [-0.4, -0.2) is 85.2 Å². The molecule has 0 amide bonds. The molecular formula is C15H27N3O7. The Morgan fingerprint density at radius 2 is 1.20 bits per heavy atom. The lowest BCUT2D eigenvalue weighted by molar-refractivity contribution is -0.139. The van der Waals surface area contributed by atoms with Gasteiger partial charge in [0.2, 0.25) is 0 Å². The highest BCUT2D eigenvalue weighted by atomic mass is 16.6. The summed E-state index contributed by atoms with van der Waals surface area (Å²) in [5.74, 6) is -0.459. The van der Waals surface area contributed by atoms with Crippen molar-refractivity contribution in [2.75, 3.05) is 79.2 Å². The molecule has 144 valence electrons. The van der Waals surface area contributed by atoms with Crippen molar-refractivity contribution >= 4 is 5.97 Å². The first kappa shape index (κ1) is 23.3. The van der Waals surface area contributed by atoms with Crippen molar-refractivity contribution in [3.05, 3.63) is 23.1 Å². The highest BCUT2D eigenvalue weighted by molar-refractivity contribution is 5.81. The molecule has 25 heavy (non-hydrogen) atoms. The standard InChI is InChI=1S/C15H27N3O7/c1-2-15(19)25-14-13-24-12-11-23-10-9-22-8-7-21-6-5-20-4-3-17-18-16/h2H,1,3-14H2. The van der Waals surface area contributed by atoms with Crippen molar-refractivity contribution < 1.29 is 33.2 Å². The van der Waals surface area contributed by atoms with Crippen molar-refractivity contribution in [2.45, 2.75) is 0 Å². The fourth-order valence-electron chi connectivity index (χ4n) is 1.39. The molecule has 0 heterocycles. The molecule has 0 aliphatic rings. The van der Waals surface area contributed by atoms with Crippen LogP contribution in [0.1, 0.15) is 0 Å². The van der Waals surface area contributed by atoms with Crippen LogP contribution >= 0.6 is 0 Å². The van der Waals surface area contributed by atoms with E-state index in [4.69, 9.17) is 34.0 Å². The van der Waals surface area contributed by atoms with Crippen LogP contribution in [0.25, 0.3) is 10.4 Å². The lowest BCUT2D eigenvalue weighted by Gasteiger charge is -2.07. The first-order valence-electron chi connectivity index (χ1n) is 8.00. The molecule has 10 heteroatoms. The van der Waals surface area contributed by atoms with Gasteiger partial charge in [-0.05, 0) is 5.53 Å². The van der Waals surface area contributed by atoms with Crippen LogP contribution in [0, 0.1) is 0 Å². The second-order valence-corrected chi connectivity index (χ2v) is 4.39. The molecule has 10 nitrogen and oxygen atoms in total. The third kappa shape index (κ3) is 20.3. The van der Waals surface area contributed by atoms with Gasteiger partial charge in [0.1, 0.15) is 6.61 Å². The molecule has 0 saturated heterocycles. The van der Waals surface area contributed by atoms with Crippen molar-refractivity contribution in [1.82, 2.24) is 0 Å². The van der Waals surface area contributed by atoms with E-state index in [1.807, 2.05) is 0 Å². The summed E-state index contributed by atoms with van der Waals surface area (Å²) in [6, 6.07) is 0. The average Bonchev–Trinajstić information content (AvgIpc) is 2.63. The fraction of sp³-hybridized carbons (Fsp3) is 0.800. The SMILES string of the molecule is C=CC(=O)OCCOCCOCCOCCOCCOCCN=[N+]=[N-]. The third-order valence-electron chi connectivity index (χ3n) is 2.53. The van der Waals surface area contributed by atoms with Crippen LogP contribution in [0.4, 0.5) is 0 Å². The Bertz CT molecular complexity index is 376. The molecule has 0 spiro atoms. The Labute approximate surface area is 147 Å². The van der Waals surface area contributed by atoms with Gasteiger partial charge in [-0.15, -0.1) is 0 Å². The molecule has 0 fully saturated rings. The van der Waals surface area contributed by atoms with Gasteiger partial charge in [-0.3, -0.25) is 0 Å². The Balaban J connectivity index is 3.03. The van der Waals surface area contributed by atoms with E-state index in [0.717, 1.165) is 6.08 Å². The molecule has 0 bridgehead atoms. The highest BCUT2D eigenvalue weighted by Crippen LogP contribution is 1.85. The Kier molecular flexibility index (Phi) is 19.0. The number of carbonyl (C=O) groups is 1. The molecule has 0 aliphatic carbocycles. The zero-order valence-electron chi connectivity index (χ0n) is 14.5. The van der Waals surface area contributed by atoms with Crippen LogP contribution in [0.5, 0.6) is 0 Å². The minimum Gasteiger partial charge on any atom is -0.460 e. The molecule has 0 aromatic carbocycles. The Hall–Kier alpha value is -1.68. The van der Waals surface area contributed by atoms with E-state index in [0.29, 0.717) is 72.6 Å². The van der Waals surface area contributed by atoms with Crippen LogP contribution in [0.3, 0.4) is 0 Å². The first-order valence-corrected chi connectivity index (χ1v) is 8.00. The normalized spacial score (nSPS) is 10.2. The predicted molar refractivity (Wildman–Crippen MR) is 89.3 cm³/mol. The van der Waals surface area contributed by atoms with Crippen LogP contribution in [0.15, 0.2) is 17.8 Å². The van der Waals surface area contributed by atoms with Gasteiger partial charge in [0.25, 0.3) is 0 Å². The van der Waals surface area contributed by atoms with Gasteiger partial charge in [0.15, 0.2) is 0 Å². The molecule has 0 saturated carbocycles. The summed E-state index contributed by atoms with van der Waals surface area (Å²) in [5, 5.41) is 3.34. The quantitative estimate of drug-likeness (QED) is 0.0843. The van der Waals surface area contributed by atoms with E-state index >= 15 is 0 Å². The molecule has 0 aliphatic heterocycles. The number of nitrogens with zero attached hydrogens (tertiary/aromatic N) is 3. The fourth-order valence-corrected chi connectivity index (χ4v) is 1.39. The predicted octanol–water partition coefficient (Wildman–Crippen LogP) is 1.11. The molecule has 0 radical (unpaired) electrons. The van der Waals surface area contributed by atoms with E-state index < -0.39 is 5.97 Å². The summed E-state index contributed by atoms with van der Waals surface area (Å²) in [4.78, 5) is 13.3. The van der Waals surface area contributed by atoms with Crippen LogP contribution < -0.4 is 0 Å². The second-order valence-electron chi connectivity index (χ2n) is 4.39. The van der Waals surface area contributed by atoms with Gasteiger partial charge in [-0.2, -0.15) is 0 Å². The van der Waals surface area contributed by atoms with E-state index in [2.05, 4.69) is 16.6 Å². The van der Waals surface area contributed by atoms with Crippen molar-refractivity contribution in [3.8, 4) is 0 Å². The largest absolute Gasteiger partial charge is 0.460 e. The van der Waals surface area contributed by atoms with Gasteiger partial charge in [0.05, 0.1) is 66.1 Å². The van der Waals surface area contributed by atoms with E-state index in [1.165, 1.54) is 0 Å². The molecule has 0 rings (SSSR count). The van der Waals surface area contributed by atoms with E-state index in [9.17, 15) is 4.79 Å². The average molecular weight is 361 g/mol. The zero-order valence-corrected chi connectivity index (χ0v) is 14.5. The van der Waals surface area contributed by atoms with Gasteiger partial charge >= 0.3 is 5.97 Å². The van der Waals surface area contributed by atoms with Crippen LogP contribution in [-0.2, 0) is 33.2 Å². The van der Waals surface area contributed by atoms with Gasteiger partial charge in [-0.25, -0.2) is 4.79 Å². The number of hydrogen-bond donors (Lipinski definition) is 0. The third-order valence-corrected chi connectivity index (χ3v) is 2.53. The maximum absolute atomic E-state index is 10.7. The number of carbonyl (C=O) groups excluding carboxylic acids is 1. The summed E-state index contributed by atoms with van der Waals surface area (Å²) < 4.78 is 31.0. The summed E-state index contributed by atoms with van der Waals surface area (Å²) in [6.07, 6.45) is 1.11. The van der Waals surface area contributed by atoms with Crippen molar-refractivity contribution in [1.29, 1.82) is 0 Å². The second kappa shape index (κ2) is 20.4. The number of esters is 1. The van der Waals surface area contributed by atoms with Gasteiger partial charge in [-0.1, -0.05) is 11.7 Å². The molecule has 0 N–H and O–H groups in total. The topological polar surface area (TPSA) is 121 Å². The Morgan fingerprint density at radius 3 is 1.60 bits per heavy atom. The summed E-state index contributed by atoms with van der Waals surface area (Å²) in [5.41, 5.74) is 8.06. The lowest BCUT2D eigenvalue weighted by Crippen LogP contribution is -2.14. The van der Waals surface area contributed by atoms with Gasteiger partial charge in [0, 0.05) is 17.5 Å². The summed E-state index contributed by atoms with van der Waals surface area (Å²) in [7, 11) is 0. The maximum atomic E-state index is 10.7. The maximum Gasteiger partial charge on any atom is 0.330 e. The van der Waals surface area contributed by atoms with E-state index in [1.54, 1.807) is 0 Å². The molecule has 0 atom stereocenters. The van der Waals surface area contributed by atoms with Crippen molar-refractivity contribution in [2.24, 2.45) is 5.11 Å². The Morgan fingerprint density at radius 1 is 0.800 bits per heavy atom. The van der Waals surface area contributed by atoms with Crippen molar-refractivity contribution in [3.63, 3.8) is 0 Å². The van der Waals surface area contributed by atoms with E-state index in [-0.39, 0.29) is 6.61 Å². The minimum absolute atomic E-state index is 0.201. The number of rotatable bonds is 19. The number of azide groups is 1. The monoisotopic (exact) mass is 361 g/mol.